The summed E-state index contributed by atoms with van der Waals surface area (Å²) in [5.74, 6) is 0. The van der Waals surface area contributed by atoms with Crippen LogP contribution in [0, 0.1) is 0 Å². The summed E-state index contributed by atoms with van der Waals surface area (Å²) in [4.78, 5) is 14.1. The van der Waals surface area contributed by atoms with E-state index in [1.807, 2.05) is 31.7 Å². The van der Waals surface area contributed by atoms with Crippen LogP contribution >= 0.6 is 0 Å². The molecule has 1 fully saturated rings. The fraction of sp³-hybridized carbons (Fsp3) is 0.409. The number of rotatable bonds is 3. The van der Waals surface area contributed by atoms with Crippen LogP contribution in [-0.4, -0.2) is 35.7 Å². The van der Waals surface area contributed by atoms with Crippen LogP contribution in [0.15, 0.2) is 54.6 Å². The molecule has 1 saturated heterocycles. The smallest absolute Gasteiger partial charge is 0.410 e. The van der Waals surface area contributed by atoms with E-state index >= 15 is 0 Å². The van der Waals surface area contributed by atoms with Gasteiger partial charge in [0.05, 0.1) is 0 Å². The molecule has 0 bridgehead atoms. The molecule has 26 heavy (non-hydrogen) atoms. The summed E-state index contributed by atoms with van der Waals surface area (Å²) >= 11 is 0. The molecule has 2 aromatic rings. The molecule has 1 N–H and O–H groups in total. The zero-order valence-corrected chi connectivity index (χ0v) is 15.9. The molecule has 1 atom stereocenters. The third kappa shape index (κ3) is 5.01. The van der Waals surface area contributed by atoms with Crippen LogP contribution in [0.2, 0.25) is 0 Å². The first-order valence-electron chi connectivity index (χ1n) is 9.31. The molecule has 1 heterocycles. The number of carbonyl (C=O) groups is 1. The lowest BCUT2D eigenvalue weighted by atomic mass is 10.0. The Hall–Kier alpha value is -2.49. The monoisotopic (exact) mass is 352 g/mol. The molecule has 2 aromatic carbocycles. The molecule has 0 aromatic heterocycles. The van der Waals surface area contributed by atoms with Crippen LogP contribution in [0.25, 0.3) is 11.1 Å². The number of piperidine rings is 1. The summed E-state index contributed by atoms with van der Waals surface area (Å²) in [6.07, 6.45) is 1.82. The van der Waals surface area contributed by atoms with Gasteiger partial charge in [-0.25, -0.2) is 4.79 Å². The third-order valence-corrected chi connectivity index (χ3v) is 4.44. The molecule has 0 radical (unpaired) electrons. The number of ether oxygens (including phenoxy) is 1. The summed E-state index contributed by atoms with van der Waals surface area (Å²) in [5.41, 5.74) is 3.05. The quantitative estimate of drug-likeness (QED) is 0.829. The maximum Gasteiger partial charge on any atom is 0.410 e. The van der Waals surface area contributed by atoms with Crippen molar-refractivity contribution >= 4 is 11.8 Å². The molecule has 0 saturated carbocycles. The van der Waals surface area contributed by atoms with Gasteiger partial charge in [-0.05, 0) is 56.9 Å². The fourth-order valence-electron chi connectivity index (χ4n) is 3.21. The summed E-state index contributed by atoms with van der Waals surface area (Å²) in [6, 6.07) is 19.1. The molecule has 0 aliphatic carbocycles. The molecule has 1 aliphatic heterocycles. The zero-order chi connectivity index (χ0) is 18.6. The maximum atomic E-state index is 12.3. The highest BCUT2D eigenvalue weighted by Crippen LogP contribution is 2.23. The Balaban J connectivity index is 1.59. The number of nitrogens with zero attached hydrogens (tertiary/aromatic N) is 1. The maximum absolute atomic E-state index is 12.3. The van der Waals surface area contributed by atoms with Crippen molar-refractivity contribution in [2.24, 2.45) is 0 Å². The van der Waals surface area contributed by atoms with Gasteiger partial charge in [-0.15, -0.1) is 0 Å². The average Bonchev–Trinajstić information content (AvgIpc) is 2.62. The summed E-state index contributed by atoms with van der Waals surface area (Å²) in [5, 5.41) is 3.56. The molecule has 1 amide bonds. The Morgan fingerprint density at radius 3 is 2.35 bits per heavy atom. The van der Waals surface area contributed by atoms with Gasteiger partial charge in [-0.1, -0.05) is 42.5 Å². The van der Waals surface area contributed by atoms with Crippen molar-refractivity contribution in [3.05, 3.63) is 54.6 Å². The van der Waals surface area contributed by atoms with Crippen molar-refractivity contribution in [3.63, 3.8) is 0 Å². The molecular weight excluding hydrogens is 324 g/mol. The second-order valence-electron chi connectivity index (χ2n) is 7.85. The first kappa shape index (κ1) is 18.3. The predicted molar refractivity (Wildman–Crippen MR) is 106 cm³/mol. The minimum atomic E-state index is -0.454. The molecule has 138 valence electrons. The van der Waals surface area contributed by atoms with E-state index in [0.29, 0.717) is 6.54 Å². The van der Waals surface area contributed by atoms with E-state index in [4.69, 9.17) is 4.74 Å². The molecule has 1 aliphatic rings. The van der Waals surface area contributed by atoms with Crippen LogP contribution in [0.3, 0.4) is 0 Å². The highest BCUT2D eigenvalue weighted by molar-refractivity contribution is 5.69. The van der Waals surface area contributed by atoms with Gasteiger partial charge in [0, 0.05) is 24.8 Å². The number of hydrogen-bond donors (Lipinski definition) is 1. The fourth-order valence-corrected chi connectivity index (χ4v) is 3.21. The lowest BCUT2D eigenvalue weighted by Crippen LogP contribution is -2.46. The van der Waals surface area contributed by atoms with Crippen molar-refractivity contribution in [3.8, 4) is 11.1 Å². The second-order valence-corrected chi connectivity index (χ2v) is 7.85. The van der Waals surface area contributed by atoms with Gasteiger partial charge in [0.15, 0.2) is 0 Å². The van der Waals surface area contributed by atoms with Crippen LogP contribution in [-0.2, 0) is 4.74 Å². The van der Waals surface area contributed by atoms with Crippen molar-refractivity contribution in [1.82, 2.24) is 4.90 Å². The molecule has 0 spiro atoms. The summed E-state index contributed by atoms with van der Waals surface area (Å²) in [6.45, 7) is 7.14. The van der Waals surface area contributed by atoms with E-state index in [2.05, 4.69) is 53.8 Å². The number of nitrogens with one attached hydrogen (secondary N) is 1. The second kappa shape index (κ2) is 7.81. The Kier molecular flexibility index (Phi) is 5.50. The van der Waals surface area contributed by atoms with Gasteiger partial charge in [0.1, 0.15) is 5.60 Å². The first-order chi connectivity index (χ1) is 12.4. The Labute approximate surface area is 156 Å². The number of hydrogen-bond acceptors (Lipinski definition) is 3. The molecule has 4 heteroatoms. The van der Waals surface area contributed by atoms with E-state index < -0.39 is 5.60 Å². The van der Waals surface area contributed by atoms with E-state index in [-0.39, 0.29) is 12.1 Å². The SMILES string of the molecule is CC(C)(C)OC(=O)N1CCCC(Nc2ccc(-c3ccccc3)cc2)C1. The van der Waals surface area contributed by atoms with Crippen LogP contribution in [0.5, 0.6) is 0 Å². The molecular formula is C22H28N2O2. The van der Waals surface area contributed by atoms with Crippen molar-refractivity contribution in [2.45, 2.75) is 45.3 Å². The largest absolute Gasteiger partial charge is 0.444 e. The number of carbonyl (C=O) groups excluding carboxylic acids is 1. The van der Waals surface area contributed by atoms with Gasteiger partial charge < -0.3 is 15.0 Å². The van der Waals surface area contributed by atoms with Crippen LogP contribution < -0.4 is 5.32 Å². The minimum absolute atomic E-state index is 0.219. The van der Waals surface area contributed by atoms with Gasteiger partial charge >= 0.3 is 6.09 Å². The predicted octanol–water partition coefficient (Wildman–Crippen LogP) is 5.17. The molecule has 4 nitrogen and oxygen atoms in total. The summed E-state index contributed by atoms with van der Waals surface area (Å²) < 4.78 is 5.50. The topological polar surface area (TPSA) is 41.6 Å². The summed E-state index contributed by atoms with van der Waals surface area (Å²) in [7, 11) is 0. The number of anilines is 1. The molecule has 1 unspecified atom stereocenters. The lowest BCUT2D eigenvalue weighted by Gasteiger charge is -2.34. The first-order valence-corrected chi connectivity index (χ1v) is 9.31. The van der Waals surface area contributed by atoms with Gasteiger partial charge in [0.25, 0.3) is 0 Å². The lowest BCUT2D eigenvalue weighted by molar-refractivity contribution is 0.0206. The Morgan fingerprint density at radius 1 is 1.04 bits per heavy atom. The van der Waals surface area contributed by atoms with Gasteiger partial charge in [-0.2, -0.15) is 0 Å². The number of amides is 1. The van der Waals surface area contributed by atoms with Crippen molar-refractivity contribution in [2.75, 3.05) is 18.4 Å². The Bertz CT molecular complexity index is 720. The molecule has 3 rings (SSSR count). The standard InChI is InChI=1S/C22H28N2O2/c1-22(2,3)26-21(25)24-15-7-10-20(16-24)23-19-13-11-18(12-14-19)17-8-5-4-6-9-17/h4-6,8-9,11-14,20,23H,7,10,15-16H2,1-3H3. The number of benzene rings is 2. The average molecular weight is 352 g/mol. The van der Waals surface area contributed by atoms with Gasteiger partial charge in [0.2, 0.25) is 0 Å². The van der Waals surface area contributed by atoms with Crippen molar-refractivity contribution in [1.29, 1.82) is 0 Å². The van der Waals surface area contributed by atoms with E-state index in [1.54, 1.807) is 0 Å². The van der Waals surface area contributed by atoms with Crippen LogP contribution in [0.4, 0.5) is 10.5 Å². The van der Waals surface area contributed by atoms with E-state index in [9.17, 15) is 4.79 Å². The number of likely N-dealkylation sites (tertiary alicyclic amines) is 1. The van der Waals surface area contributed by atoms with Crippen molar-refractivity contribution < 1.29 is 9.53 Å². The minimum Gasteiger partial charge on any atom is -0.444 e. The van der Waals surface area contributed by atoms with E-state index in [0.717, 1.165) is 25.1 Å². The highest BCUT2D eigenvalue weighted by atomic mass is 16.6. The van der Waals surface area contributed by atoms with E-state index in [1.165, 1.54) is 11.1 Å². The normalized spacial score (nSPS) is 17.7. The Morgan fingerprint density at radius 2 is 1.69 bits per heavy atom. The highest BCUT2D eigenvalue weighted by Gasteiger charge is 2.27. The van der Waals surface area contributed by atoms with Gasteiger partial charge in [-0.3, -0.25) is 0 Å². The van der Waals surface area contributed by atoms with Crippen LogP contribution in [0.1, 0.15) is 33.6 Å². The zero-order valence-electron chi connectivity index (χ0n) is 15.9. The third-order valence-electron chi connectivity index (χ3n) is 4.44.